The zero-order valence-electron chi connectivity index (χ0n) is 13.2. The van der Waals surface area contributed by atoms with Crippen LogP contribution in [-0.4, -0.2) is 15.5 Å². The van der Waals surface area contributed by atoms with E-state index in [1.54, 1.807) is 12.5 Å². The minimum atomic E-state index is -0.709. The van der Waals surface area contributed by atoms with Gasteiger partial charge in [0.15, 0.2) is 0 Å². The molecule has 0 fully saturated rings. The number of nitrogens with one attached hydrogen (secondary N) is 1. The van der Waals surface area contributed by atoms with Crippen LogP contribution in [0.15, 0.2) is 67.3 Å². The molecule has 1 amide bonds. The molecule has 0 aliphatic rings. The lowest BCUT2D eigenvalue weighted by atomic mass is 10.2. The van der Waals surface area contributed by atoms with Gasteiger partial charge in [0.05, 0.1) is 6.33 Å². The Bertz CT molecular complexity index is 867. The van der Waals surface area contributed by atoms with Gasteiger partial charge in [0, 0.05) is 36.3 Å². The second-order valence-corrected chi connectivity index (χ2v) is 5.32. The number of carbonyl (C=O) groups excluding carboxylic acids is 1. The maximum absolute atomic E-state index is 13.5. The number of nitrogens with zero attached hydrogens (tertiary/aromatic N) is 2. The van der Waals surface area contributed by atoms with Gasteiger partial charge < -0.3 is 9.88 Å². The molecule has 0 saturated heterocycles. The Kier molecular flexibility index (Phi) is 4.99. The highest BCUT2D eigenvalue weighted by atomic mass is 19.1. The van der Waals surface area contributed by atoms with Crippen molar-refractivity contribution in [3.05, 3.63) is 90.0 Å². The first-order valence-corrected chi connectivity index (χ1v) is 7.60. The molecule has 1 aromatic heterocycles. The van der Waals surface area contributed by atoms with Gasteiger partial charge >= 0.3 is 0 Å². The maximum Gasteiger partial charge on any atom is 0.244 e. The zero-order valence-corrected chi connectivity index (χ0v) is 13.2. The average molecular weight is 339 g/mol. The molecule has 0 aliphatic heterocycles. The van der Waals surface area contributed by atoms with Gasteiger partial charge in [-0.05, 0) is 35.9 Å². The molecule has 0 saturated carbocycles. The van der Waals surface area contributed by atoms with Crippen molar-refractivity contribution in [3.63, 3.8) is 0 Å². The number of halogens is 2. The number of rotatable bonds is 5. The van der Waals surface area contributed by atoms with Crippen LogP contribution >= 0.6 is 0 Å². The van der Waals surface area contributed by atoms with Crippen molar-refractivity contribution in [2.45, 2.75) is 6.54 Å². The zero-order chi connectivity index (χ0) is 17.6. The molecule has 3 rings (SSSR count). The van der Waals surface area contributed by atoms with Crippen LogP contribution in [0.2, 0.25) is 0 Å². The molecule has 2 aromatic carbocycles. The molecule has 0 spiro atoms. The molecule has 0 bridgehead atoms. The van der Waals surface area contributed by atoms with E-state index in [0.29, 0.717) is 6.54 Å². The summed E-state index contributed by atoms with van der Waals surface area (Å²) in [6, 6.07) is 11.1. The van der Waals surface area contributed by atoms with Gasteiger partial charge in [-0.1, -0.05) is 18.2 Å². The Labute approximate surface area is 143 Å². The first kappa shape index (κ1) is 16.6. The Balaban J connectivity index is 1.58. The first-order chi connectivity index (χ1) is 12.1. The SMILES string of the molecule is O=C(/C=C/c1c(F)cccc1F)NCc1ccc(-n2ccnc2)cc1. The average Bonchev–Trinajstić information content (AvgIpc) is 3.14. The number of imidazole rings is 1. The summed E-state index contributed by atoms with van der Waals surface area (Å²) in [6.07, 6.45) is 7.47. The van der Waals surface area contributed by atoms with Gasteiger partial charge in [-0.3, -0.25) is 4.79 Å². The van der Waals surface area contributed by atoms with Gasteiger partial charge in [-0.15, -0.1) is 0 Å². The molecule has 4 nitrogen and oxygen atoms in total. The van der Waals surface area contributed by atoms with Gasteiger partial charge in [0.25, 0.3) is 0 Å². The third-order valence-electron chi connectivity index (χ3n) is 3.61. The monoisotopic (exact) mass is 339 g/mol. The van der Waals surface area contributed by atoms with Crippen LogP contribution in [0.5, 0.6) is 0 Å². The maximum atomic E-state index is 13.5. The number of carbonyl (C=O) groups is 1. The second kappa shape index (κ2) is 7.53. The van der Waals surface area contributed by atoms with Gasteiger partial charge in [-0.2, -0.15) is 0 Å². The van der Waals surface area contributed by atoms with Crippen LogP contribution in [0, 0.1) is 11.6 Å². The standard InChI is InChI=1S/C19H15F2N3O/c20-17-2-1-3-18(21)16(17)8-9-19(25)23-12-14-4-6-15(7-5-14)24-11-10-22-13-24/h1-11,13H,12H2,(H,23,25)/b9-8+. The Hall–Kier alpha value is -3.28. The summed E-state index contributed by atoms with van der Waals surface area (Å²) in [7, 11) is 0. The predicted molar refractivity (Wildman–Crippen MR) is 90.8 cm³/mol. The van der Waals surface area contributed by atoms with Crippen LogP contribution in [0.3, 0.4) is 0 Å². The van der Waals surface area contributed by atoms with Crippen molar-refractivity contribution < 1.29 is 13.6 Å². The van der Waals surface area contributed by atoms with Crippen molar-refractivity contribution in [1.82, 2.24) is 14.9 Å². The minimum absolute atomic E-state index is 0.234. The summed E-state index contributed by atoms with van der Waals surface area (Å²) in [6.45, 7) is 0.313. The molecule has 126 valence electrons. The molecule has 1 heterocycles. The highest BCUT2D eigenvalue weighted by Crippen LogP contribution is 2.13. The minimum Gasteiger partial charge on any atom is -0.348 e. The summed E-state index contributed by atoms with van der Waals surface area (Å²) in [4.78, 5) is 15.8. The number of aromatic nitrogens is 2. The van der Waals surface area contributed by atoms with Gasteiger partial charge in [0.1, 0.15) is 11.6 Å². The Morgan fingerprint density at radius 1 is 1.12 bits per heavy atom. The normalized spacial score (nSPS) is 11.0. The van der Waals surface area contributed by atoms with E-state index in [-0.39, 0.29) is 5.56 Å². The predicted octanol–water partition coefficient (Wildman–Crippen LogP) is 3.48. The third kappa shape index (κ3) is 4.17. The lowest BCUT2D eigenvalue weighted by Crippen LogP contribution is -2.20. The molecule has 0 unspecified atom stereocenters. The van der Waals surface area contributed by atoms with E-state index in [4.69, 9.17) is 0 Å². The summed E-state index contributed by atoms with van der Waals surface area (Å²) in [5, 5.41) is 2.67. The quantitative estimate of drug-likeness (QED) is 0.724. The van der Waals surface area contributed by atoms with Crippen LogP contribution in [0.25, 0.3) is 11.8 Å². The third-order valence-corrected chi connectivity index (χ3v) is 3.61. The fraction of sp³-hybridized carbons (Fsp3) is 0.0526. The van der Waals surface area contributed by atoms with E-state index < -0.39 is 17.5 Å². The molecular formula is C19H15F2N3O. The number of amides is 1. The van der Waals surface area contributed by atoms with Gasteiger partial charge in [0.2, 0.25) is 5.91 Å². The fourth-order valence-electron chi connectivity index (χ4n) is 2.27. The molecule has 6 heteroatoms. The van der Waals surface area contributed by atoms with E-state index in [9.17, 15) is 13.6 Å². The van der Waals surface area contributed by atoms with E-state index in [2.05, 4.69) is 10.3 Å². The van der Waals surface area contributed by atoms with E-state index in [1.807, 2.05) is 35.0 Å². The van der Waals surface area contributed by atoms with Crippen molar-refractivity contribution >= 4 is 12.0 Å². The highest BCUT2D eigenvalue weighted by molar-refractivity contribution is 5.91. The summed E-state index contributed by atoms with van der Waals surface area (Å²) in [5.74, 6) is -1.85. The number of benzene rings is 2. The van der Waals surface area contributed by atoms with Crippen molar-refractivity contribution in [2.24, 2.45) is 0 Å². The Morgan fingerprint density at radius 3 is 2.48 bits per heavy atom. The molecule has 0 radical (unpaired) electrons. The second-order valence-electron chi connectivity index (χ2n) is 5.32. The fourth-order valence-corrected chi connectivity index (χ4v) is 2.27. The summed E-state index contributed by atoms with van der Waals surface area (Å²) >= 11 is 0. The highest BCUT2D eigenvalue weighted by Gasteiger charge is 2.05. The molecule has 0 atom stereocenters. The smallest absolute Gasteiger partial charge is 0.244 e. The van der Waals surface area contributed by atoms with E-state index >= 15 is 0 Å². The van der Waals surface area contributed by atoms with Crippen molar-refractivity contribution in [2.75, 3.05) is 0 Å². The van der Waals surface area contributed by atoms with Crippen LogP contribution in [0.1, 0.15) is 11.1 Å². The summed E-state index contributed by atoms with van der Waals surface area (Å²) < 4.78 is 28.8. The van der Waals surface area contributed by atoms with Crippen molar-refractivity contribution in [3.8, 4) is 5.69 Å². The first-order valence-electron chi connectivity index (χ1n) is 7.60. The molecule has 0 aliphatic carbocycles. The largest absolute Gasteiger partial charge is 0.348 e. The van der Waals surface area contributed by atoms with Crippen LogP contribution in [0.4, 0.5) is 8.78 Å². The molecule has 3 aromatic rings. The number of hydrogen-bond acceptors (Lipinski definition) is 2. The molecular weight excluding hydrogens is 324 g/mol. The van der Waals surface area contributed by atoms with Crippen LogP contribution < -0.4 is 5.32 Å². The van der Waals surface area contributed by atoms with Crippen LogP contribution in [-0.2, 0) is 11.3 Å². The lowest BCUT2D eigenvalue weighted by Gasteiger charge is -2.05. The Morgan fingerprint density at radius 2 is 1.84 bits per heavy atom. The topological polar surface area (TPSA) is 46.9 Å². The van der Waals surface area contributed by atoms with E-state index in [0.717, 1.165) is 35.5 Å². The number of hydrogen-bond donors (Lipinski definition) is 1. The molecule has 1 N–H and O–H groups in total. The summed E-state index contributed by atoms with van der Waals surface area (Å²) in [5.41, 5.74) is 1.63. The van der Waals surface area contributed by atoms with Gasteiger partial charge in [-0.25, -0.2) is 13.8 Å². The van der Waals surface area contributed by atoms with Crippen molar-refractivity contribution in [1.29, 1.82) is 0 Å². The molecule has 25 heavy (non-hydrogen) atoms. The van der Waals surface area contributed by atoms with E-state index in [1.165, 1.54) is 6.07 Å². The lowest BCUT2D eigenvalue weighted by molar-refractivity contribution is -0.116.